The molecule has 0 aromatic rings. The number of nitrogens with one attached hydrogen (secondary N) is 1. The normalized spacial score (nSPS) is 11.3. The lowest BCUT2D eigenvalue weighted by Gasteiger charge is -2.23. The van der Waals surface area contributed by atoms with Crippen LogP contribution in [0.5, 0.6) is 0 Å². The lowest BCUT2D eigenvalue weighted by molar-refractivity contribution is -0.139. The number of carbonyl (C=O) groups is 1. The Balaban J connectivity index is 4.18. The van der Waals surface area contributed by atoms with Crippen molar-refractivity contribution in [3.63, 3.8) is 0 Å². The van der Waals surface area contributed by atoms with E-state index in [0.29, 0.717) is 17.9 Å². The Kier molecular flexibility index (Phi) is 6.07. The molecule has 15 heavy (non-hydrogen) atoms. The minimum absolute atomic E-state index is 0.00955. The van der Waals surface area contributed by atoms with Gasteiger partial charge in [0.15, 0.2) is 0 Å². The van der Waals surface area contributed by atoms with E-state index in [-0.39, 0.29) is 13.1 Å². The van der Waals surface area contributed by atoms with Gasteiger partial charge in [0, 0.05) is 19.6 Å². The molecule has 0 aromatic heterocycles. The first-order valence-electron chi connectivity index (χ1n) is 4.70. The third kappa shape index (κ3) is 7.01. The van der Waals surface area contributed by atoms with Crippen LogP contribution in [0.2, 0.25) is 0 Å². The van der Waals surface area contributed by atoms with Gasteiger partial charge >= 0.3 is 12.2 Å². The molecule has 0 heterocycles. The topological polar surface area (TPSA) is 58.4 Å². The fourth-order valence-corrected chi connectivity index (χ4v) is 0.968. The van der Waals surface area contributed by atoms with Crippen molar-refractivity contribution in [2.45, 2.75) is 19.5 Å². The summed E-state index contributed by atoms with van der Waals surface area (Å²) in [6, 6.07) is -0.723. The molecule has 90 valence electrons. The average Bonchev–Trinajstić information content (AvgIpc) is 2.11. The zero-order valence-electron chi connectivity index (χ0n) is 8.60. The fraction of sp³-hybridized carbons (Fsp3) is 0.875. The third-order valence-corrected chi connectivity index (χ3v) is 1.58. The number of hydrogen-bond acceptors (Lipinski definition) is 2. The van der Waals surface area contributed by atoms with Crippen LogP contribution in [0.3, 0.4) is 0 Å². The number of urea groups is 1. The Labute approximate surface area is 86.6 Å². The highest BCUT2D eigenvalue weighted by molar-refractivity contribution is 5.74. The van der Waals surface area contributed by atoms with Crippen LogP contribution >= 0.6 is 0 Å². The van der Waals surface area contributed by atoms with Gasteiger partial charge in [0.2, 0.25) is 0 Å². The van der Waals surface area contributed by atoms with Gasteiger partial charge in [-0.1, -0.05) is 6.92 Å². The summed E-state index contributed by atoms with van der Waals surface area (Å²) in [7, 11) is 0. The van der Waals surface area contributed by atoms with Crippen molar-refractivity contribution in [3.8, 4) is 0 Å². The van der Waals surface area contributed by atoms with Crippen LogP contribution in [-0.2, 0) is 0 Å². The van der Waals surface area contributed by atoms with E-state index in [0.717, 1.165) is 0 Å². The Hall–Kier alpha value is -0.980. The highest BCUT2D eigenvalue weighted by Crippen LogP contribution is 2.16. The van der Waals surface area contributed by atoms with Crippen molar-refractivity contribution in [2.24, 2.45) is 5.73 Å². The zero-order valence-corrected chi connectivity index (χ0v) is 8.60. The minimum Gasteiger partial charge on any atom is -0.338 e. The third-order valence-electron chi connectivity index (χ3n) is 1.58. The number of nitrogens with zero attached hydrogens (tertiary/aromatic N) is 1. The summed E-state index contributed by atoms with van der Waals surface area (Å²) in [4.78, 5) is 11.9. The maximum atomic E-state index is 12.0. The van der Waals surface area contributed by atoms with E-state index in [1.807, 2.05) is 6.92 Å². The van der Waals surface area contributed by atoms with E-state index in [4.69, 9.17) is 5.73 Å². The summed E-state index contributed by atoms with van der Waals surface area (Å²) in [5.74, 6) is 0. The van der Waals surface area contributed by atoms with Gasteiger partial charge in [0.25, 0.3) is 0 Å². The molecule has 0 aromatic carbocycles. The van der Waals surface area contributed by atoms with Crippen LogP contribution in [0, 0.1) is 0 Å². The number of nitrogens with two attached hydrogens (primary N) is 1. The lowest BCUT2D eigenvalue weighted by Crippen LogP contribution is -2.47. The van der Waals surface area contributed by atoms with Gasteiger partial charge in [-0.25, -0.2) is 4.79 Å². The summed E-state index contributed by atoms with van der Waals surface area (Å²) in [5, 5.41) is 2.37. The predicted molar refractivity (Wildman–Crippen MR) is 50.4 cm³/mol. The van der Waals surface area contributed by atoms with Gasteiger partial charge < -0.3 is 16.0 Å². The van der Waals surface area contributed by atoms with E-state index in [1.54, 1.807) is 0 Å². The van der Waals surface area contributed by atoms with Gasteiger partial charge in [-0.15, -0.1) is 0 Å². The van der Waals surface area contributed by atoms with Crippen molar-refractivity contribution in [1.29, 1.82) is 0 Å². The molecular weight excluding hydrogens is 211 g/mol. The standard InChI is InChI=1S/C8H16F3N3O/c1-2-4-13-7(15)14(5-3-12)6-8(9,10)11/h2-6,12H2,1H3,(H,13,15). The number of amides is 2. The molecule has 7 heteroatoms. The smallest absolute Gasteiger partial charge is 0.338 e. The van der Waals surface area contributed by atoms with Gasteiger partial charge in [-0.2, -0.15) is 13.2 Å². The molecule has 0 rings (SSSR count). The van der Waals surface area contributed by atoms with Crippen LogP contribution < -0.4 is 11.1 Å². The van der Waals surface area contributed by atoms with Crippen LogP contribution in [0.4, 0.5) is 18.0 Å². The van der Waals surface area contributed by atoms with Crippen LogP contribution in [0.15, 0.2) is 0 Å². The molecule has 3 N–H and O–H groups in total. The second-order valence-corrected chi connectivity index (χ2v) is 3.06. The second-order valence-electron chi connectivity index (χ2n) is 3.06. The highest BCUT2D eigenvalue weighted by atomic mass is 19.4. The number of hydrogen-bond donors (Lipinski definition) is 2. The summed E-state index contributed by atoms with van der Waals surface area (Å²) in [6.45, 7) is 0.819. The van der Waals surface area contributed by atoms with E-state index in [2.05, 4.69) is 5.32 Å². The van der Waals surface area contributed by atoms with Crippen molar-refractivity contribution >= 4 is 6.03 Å². The van der Waals surface area contributed by atoms with E-state index >= 15 is 0 Å². The van der Waals surface area contributed by atoms with Crippen molar-refractivity contribution in [3.05, 3.63) is 0 Å². The maximum Gasteiger partial charge on any atom is 0.406 e. The molecule has 0 radical (unpaired) electrons. The van der Waals surface area contributed by atoms with Crippen molar-refractivity contribution in [2.75, 3.05) is 26.2 Å². The molecule has 0 bridgehead atoms. The quantitative estimate of drug-likeness (QED) is 0.734. The molecule has 2 amide bonds. The Morgan fingerprint density at radius 1 is 1.47 bits per heavy atom. The van der Waals surface area contributed by atoms with E-state index < -0.39 is 18.8 Å². The van der Waals surface area contributed by atoms with Crippen molar-refractivity contribution < 1.29 is 18.0 Å². The van der Waals surface area contributed by atoms with Gasteiger partial charge in [0.1, 0.15) is 6.54 Å². The molecular formula is C8H16F3N3O. The molecule has 0 aliphatic heterocycles. The molecule has 0 fully saturated rings. The van der Waals surface area contributed by atoms with Gasteiger partial charge in [-0.3, -0.25) is 0 Å². The largest absolute Gasteiger partial charge is 0.406 e. The minimum atomic E-state index is -4.39. The molecule has 0 spiro atoms. The first-order valence-corrected chi connectivity index (χ1v) is 4.70. The molecule has 0 aliphatic rings. The number of halogens is 3. The molecule has 0 aliphatic carbocycles. The molecule has 0 unspecified atom stereocenters. The predicted octanol–water partition coefficient (Wildman–Crippen LogP) is 0.929. The highest BCUT2D eigenvalue weighted by Gasteiger charge is 2.32. The maximum absolute atomic E-state index is 12.0. The lowest BCUT2D eigenvalue weighted by atomic mass is 10.4. The first-order chi connectivity index (χ1) is 6.90. The summed E-state index contributed by atoms with van der Waals surface area (Å²) in [5.41, 5.74) is 5.13. The monoisotopic (exact) mass is 227 g/mol. The second kappa shape index (κ2) is 6.49. The van der Waals surface area contributed by atoms with Crippen molar-refractivity contribution in [1.82, 2.24) is 10.2 Å². The van der Waals surface area contributed by atoms with Gasteiger partial charge in [-0.05, 0) is 6.42 Å². The summed E-state index contributed by atoms with van der Waals surface area (Å²) < 4.78 is 36.1. The summed E-state index contributed by atoms with van der Waals surface area (Å²) >= 11 is 0. The molecule has 4 nitrogen and oxygen atoms in total. The van der Waals surface area contributed by atoms with Crippen LogP contribution in [0.25, 0.3) is 0 Å². The molecule has 0 atom stereocenters. The summed E-state index contributed by atoms with van der Waals surface area (Å²) in [6.07, 6.45) is -3.72. The Bertz CT molecular complexity index is 196. The van der Waals surface area contributed by atoms with E-state index in [1.165, 1.54) is 0 Å². The molecule has 0 saturated heterocycles. The number of alkyl halides is 3. The number of rotatable bonds is 5. The Morgan fingerprint density at radius 2 is 2.07 bits per heavy atom. The fourth-order valence-electron chi connectivity index (χ4n) is 0.968. The average molecular weight is 227 g/mol. The Morgan fingerprint density at radius 3 is 2.47 bits per heavy atom. The van der Waals surface area contributed by atoms with Gasteiger partial charge in [0.05, 0.1) is 0 Å². The van der Waals surface area contributed by atoms with E-state index in [9.17, 15) is 18.0 Å². The van der Waals surface area contributed by atoms with Crippen LogP contribution in [-0.4, -0.2) is 43.3 Å². The zero-order chi connectivity index (χ0) is 11.9. The SMILES string of the molecule is CCCNC(=O)N(CCN)CC(F)(F)F. The number of carbonyl (C=O) groups excluding carboxylic acids is 1. The first kappa shape index (κ1) is 14.0. The van der Waals surface area contributed by atoms with Crippen LogP contribution in [0.1, 0.15) is 13.3 Å². The molecule has 0 saturated carbocycles.